The molecule has 2 aliphatic heterocycles. The van der Waals surface area contributed by atoms with Gasteiger partial charge in [-0.3, -0.25) is 0 Å². The zero-order chi connectivity index (χ0) is 10.9. The van der Waals surface area contributed by atoms with Crippen molar-refractivity contribution in [2.24, 2.45) is 5.92 Å². The van der Waals surface area contributed by atoms with Crippen molar-refractivity contribution in [2.45, 2.75) is 44.8 Å². The molecule has 0 amide bonds. The van der Waals surface area contributed by atoms with Gasteiger partial charge in [0, 0.05) is 12.5 Å². The van der Waals surface area contributed by atoms with Gasteiger partial charge in [0.15, 0.2) is 0 Å². The molecule has 0 aromatic heterocycles. The Bertz CT molecular complexity index is 293. The minimum absolute atomic E-state index is 0.148. The Labute approximate surface area is 91.6 Å². The van der Waals surface area contributed by atoms with Crippen LogP contribution in [0.25, 0.3) is 0 Å². The van der Waals surface area contributed by atoms with E-state index < -0.39 is 0 Å². The largest absolute Gasteiger partial charge is 0.396 e. The van der Waals surface area contributed by atoms with Gasteiger partial charge in [0.2, 0.25) is 0 Å². The first-order chi connectivity index (χ1) is 7.19. The molecular formula is C13H20O2. The van der Waals surface area contributed by atoms with Crippen LogP contribution < -0.4 is 0 Å². The van der Waals surface area contributed by atoms with Gasteiger partial charge in [0.1, 0.15) is 0 Å². The topological polar surface area (TPSA) is 29.5 Å². The fraction of sp³-hybridized carbons (Fsp3) is 0.692. The number of hydrogen-bond acceptors (Lipinski definition) is 2. The second kappa shape index (κ2) is 4.11. The molecule has 2 rings (SSSR count). The van der Waals surface area contributed by atoms with Gasteiger partial charge in [-0.2, -0.15) is 0 Å². The van der Waals surface area contributed by atoms with Crippen LogP contribution in [-0.4, -0.2) is 23.4 Å². The summed E-state index contributed by atoms with van der Waals surface area (Å²) in [5.41, 5.74) is 1.13. The maximum absolute atomic E-state index is 9.39. The van der Waals surface area contributed by atoms with E-state index in [-0.39, 0.29) is 24.2 Å². The quantitative estimate of drug-likeness (QED) is 0.671. The monoisotopic (exact) mass is 208 g/mol. The van der Waals surface area contributed by atoms with E-state index in [2.05, 4.69) is 32.1 Å². The highest BCUT2D eigenvalue weighted by atomic mass is 16.5. The lowest BCUT2D eigenvalue weighted by Crippen LogP contribution is -2.38. The predicted molar refractivity (Wildman–Crippen MR) is 60.6 cm³/mol. The van der Waals surface area contributed by atoms with Crippen LogP contribution in [0.15, 0.2) is 23.8 Å². The SMILES string of the molecule is C/C=C1\CCC[C@H](CO)[C@]2(C)C=C[C@H]1O2. The first kappa shape index (κ1) is 10.9. The van der Waals surface area contributed by atoms with Crippen LogP contribution >= 0.6 is 0 Å². The summed E-state index contributed by atoms with van der Waals surface area (Å²) < 4.78 is 6.06. The summed E-state index contributed by atoms with van der Waals surface area (Å²) in [6.45, 7) is 4.38. The third kappa shape index (κ3) is 1.88. The highest BCUT2D eigenvalue weighted by molar-refractivity contribution is 5.24. The van der Waals surface area contributed by atoms with Crippen LogP contribution in [0.1, 0.15) is 33.1 Å². The fourth-order valence-corrected chi connectivity index (χ4v) is 2.62. The van der Waals surface area contributed by atoms with Crippen molar-refractivity contribution in [3.8, 4) is 0 Å². The maximum Gasteiger partial charge on any atom is 0.0979 e. The number of aliphatic hydroxyl groups is 1. The lowest BCUT2D eigenvalue weighted by Gasteiger charge is -2.35. The second-order valence-corrected chi connectivity index (χ2v) is 4.72. The summed E-state index contributed by atoms with van der Waals surface area (Å²) in [6.07, 6.45) is 9.88. The van der Waals surface area contributed by atoms with Gasteiger partial charge in [-0.15, -0.1) is 0 Å². The molecule has 15 heavy (non-hydrogen) atoms. The lowest BCUT2D eigenvalue weighted by molar-refractivity contribution is -0.0611. The van der Waals surface area contributed by atoms with Crippen LogP contribution in [0.2, 0.25) is 0 Å². The Morgan fingerprint density at radius 3 is 3.13 bits per heavy atom. The van der Waals surface area contributed by atoms with Crippen LogP contribution in [0.3, 0.4) is 0 Å². The van der Waals surface area contributed by atoms with E-state index in [1.807, 2.05) is 0 Å². The molecule has 3 atom stereocenters. The third-order valence-electron chi connectivity index (χ3n) is 3.77. The molecule has 1 N–H and O–H groups in total. The fourth-order valence-electron chi connectivity index (χ4n) is 2.62. The number of allylic oxidation sites excluding steroid dienone is 1. The minimum atomic E-state index is -0.256. The van der Waals surface area contributed by atoms with Gasteiger partial charge in [0.25, 0.3) is 0 Å². The first-order valence-electron chi connectivity index (χ1n) is 5.82. The second-order valence-electron chi connectivity index (χ2n) is 4.72. The molecule has 0 aliphatic carbocycles. The van der Waals surface area contributed by atoms with E-state index in [4.69, 9.17) is 4.74 Å². The molecule has 0 radical (unpaired) electrons. The summed E-state index contributed by atoms with van der Waals surface area (Å²) in [6, 6.07) is 0. The van der Waals surface area contributed by atoms with E-state index in [9.17, 15) is 5.11 Å². The molecule has 2 aliphatic rings. The van der Waals surface area contributed by atoms with E-state index in [0.29, 0.717) is 0 Å². The lowest BCUT2D eigenvalue weighted by atomic mass is 9.85. The van der Waals surface area contributed by atoms with Crippen molar-refractivity contribution in [3.05, 3.63) is 23.8 Å². The van der Waals surface area contributed by atoms with E-state index >= 15 is 0 Å². The van der Waals surface area contributed by atoms with E-state index in [0.717, 1.165) is 19.3 Å². The van der Waals surface area contributed by atoms with E-state index in [1.165, 1.54) is 5.57 Å². The highest BCUT2D eigenvalue weighted by Crippen LogP contribution is 2.39. The molecule has 2 heterocycles. The third-order valence-corrected chi connectivity index (χ3v) is 3.77. The summed E-state index contributed by atoms with van der Waals surface area (Å²) in [5.74, 6) is 0.247. The zero-order valence-electron chi connectivity index (χ0n) is 9.57. The van der Waals surface area contributed by atoms with Crippen molar-refractivity contribution in [1.29, 1.82) is 0 Å². The Kier molecular flexibility index (Phi) is 2.98. The molecule has 1 fully saturated rings. The maximum atomic E-state index is 9.39. The molecule has 0 aromatic carbocycles. The average molecular weight is 208 g/mol. The van der Waals surface area contributed by atoms with Gasteiger partial charge < -0.3 is 9.84 Å². The first-order valence-corrected chi connectivity index (χ1v) is 5.82. The normalized spacial score (nSPS) is 43.0. The number of rotatable bonds is 1. The Balaban J connectivity index is 2.23. The highest BCUT2D eigenvalue weighted by Gasteiger charge is 2.40. The van der Waals surface area contributed by atoms with Crippen molar-refractivity contribution in [3.63, 3.8) is 0 Å². The van der Waals surface area contributed by atoms with Gasteiger partial charge >= 0.3 is 0 Å². The zero-order valence-corrected chi connectivity index (χ0v) is 9.57. The number of aliphatic hydroxyl groups excluding tert-OH is 1. The Morgan fingerprint density at radius 2 is 2.47 bits per heavy atom. The van der Waals surface area contributed by atoms with Crippen LogP contribution in [-0.2, 0) is 4.74 Å². The molecular weight excluding hydrogens is 188 g/mol. The van der Waals surface area contributed by atoms with Gasteiger partial charge in [0.05, 0.1) is 11.7 Å². The molecule has 84 valence electrons. The van der Waals surface area contributed by atoms with Crippen LogP contribution in [0.5, 0.6) is 0 Å². The standard InChI is InChI=1S/C13H20O2/c1-3-10-5-4-6-11(9-14)13(2)8-7-12(10)15-13/h3,7-8,11-12,14H,4-6,9H2,1-2H3/b10-3+/t11-,12-,13+/m1/s1. The van der Waals surface area contributed by atoms with Crippen LogP contribution in [0.4, 0.5) is 0 Å². The number of ether oxygens (including phenoxy) is 1. The van der Waals surface area contributed by atoms with Gasteiger partial charge in [-0.25, -0.2) is 0 Å². The van der Waals surface area contributed by atoms with Gasteiger partial charge in [-0.05, 0) is 38.7 Å². The number of hydrogen-bond donors (Lipinski definition) is 1. The van der Waals surface area contributed by atoms with Crippen LogP contribution in [0, 0.1) is 5.92 Å². The average Bonchev–Trinajstić information content (AvgIpc) is 2.62. The molecule has 0 spiro atoms. The molecule has 2 bridgehead atoms. The molecule has 0 unspecified atom stereocenters. The summed E-state index contributed by atoms with van der Waals surface area (Å²) >= 11 is 0. The molecule has 2 nitrogen and oxygen atoms in total. The van der Waals surface area contributed by atoms with Crippen molar-refractivity contribution in [2.75, 3.05) is 6.61 Å². The molecule has 2 heteroatoms. The summed E-state index contributed by atoms with van der Waals surface area (Å²) in [7, 11) is 0. The molecule has 1 saturated heterocycles. The molecule has 0 aromatic rings. The Morgan fingerprint density at radius 1 is 1.67 bits per heavy atom. The van der Waals surface area contributed by atoms with E-state index in [1.54, 1.807) is 0 Å². The summed E-state index contributed by atoms with van der Waals surface area (Å²) in [5, 5.41) is 9.39. The molecule has 0 saturated carbocycles. The minimum Gasteiger partial charge on any atom is -0.396 e. The van der Waals surface area contributed by atoms with Crippen molar-refractivity contribution >= 4 is 0 Å². The number of fused-ring (bicyclic) bond motifs is 2. The summed E-state index contributed by atoms with van der Waals surface area (Å²) in [4.78, 5) is 0. The Hall–Kier alpha value is -0.600. The van der Waals surface area contributed by atoms with Crippen molar-refractivity contribution in [1.82, 2.24) is 0 Å². The van der Waals surface area contributed by atoms with Gasteiger partial charge in [-0.1, -0.05) is 18.2 Å². The smallest absolute Gasteiger partial charge is 0.0979 e. The predicted octanol–water partition coefficient (Wildman–Crippen LogP) is 2.44. The van der Waals surface area contributed by atoms with Crippen molar-refractivity contribution < 1.29 is 9.84 Å².